The molecule has 0 aromatic heterocycles. The molecule has 1 amide bonds. The van der Waals surface area contributed by atoms with Crippen LogP contribution in [0.1, 0.15) is 41.3 Å². The van der Waals surface area contributed by atoms with E-state index in [-0.39, 0.29) is 17.3 Å². The Labute approximate surface area is 161 Å². The lowest BCUT2D eigenvalue weighted by atomic mass is 9.99. The first-order valence-electron chi connectivity index (χ1n) is 9.30. The molecule has 6 heteroatoms. The number of sulfonamides is 1. The zero-order valence-electron chi connectivity index (χ0n) is 15.8. The van der Waals surface area contributed by atoms with Gasteiger partial charge in [-0.2, -0.15) is 0 Å². The molecule has 0 aliphatic carbocycles. The third kappa shape index (κ3) is 4.96. The third-order valence-electron chi connectivity index (χ3n) is 4.92. The first-order valence-corrected chi connectivity index (χ1v) is 10.8. The molecule has 1 atom stereocenters. The van der Waals surface area contributed by atoms with Gasteiger partial charge in [0.25, 0.3) is 5.91 Å². The van der Waals surface area contributed by atoms with Gasteiger partial charge < -0.3 is 4.90 Å². The highest BCUT2D eigenvalue weighted by atomic mass is 32.2. The van der Waals surface area contributed by atoms with Crippen LogP contribution >= 0.6 is 0 Å². The van der Waals surface area contributed by atoms with Gasteiger partial charge >= 0.3 is 0 Å². The van der Waals surface area contributed by atoms with E-state index in [0.717, 1.165) is 37.1 Å². The van der Waals surface area contributed by atoms with Crippen LogP contribution in [0.5, 0.6) is 0 Å². The maximum Gasteiger partial charge on any atom is 0.253 e. The molecule has 1 aliphatic heterocycles. The molecule has 3 rings (SSSR count). The van der Waals surface area contributed by atoms with E-state index in [0.29, 0.717) is 11.5 Å². The van der Waals surface area contributed by atoms with Crippen LogP contribution in [0, 0.1) is 12.8 Å². The average Bonchev–Trinajstić information content (AvgIpc) is 2.67. The summed E-state index contributed by atoms with van der Waals surface area (Å²) in [7, 11) is -3.69. The highest BCUT2D eigenvalue weighted by molar-refractivity contribution is 7.89. The number of aryl methyl sites for hydroxylation is 1. The molecule has 1 saturated heterocycles. The fourth-order valence-electron chi connectivity index (χ4n) is 3.32. The SMILES string of the molecule is Cc1ccc(CNS(=O)(=O)c2cccc(C(=O)N3CCCC(C)C3)c2)cc1. The molecule has 0 spiro atoms. The van der Waals surface area contributed by atoms with E-state index in [9.17, 15) is 13.2 Å². The van der Waals surface area contributed by atoms with Crippen LogP contribution in [-0.2, 0) is 16.6 Å². The molecular weight excluding hydrogens is 360 g/mol. The quantitative estimate of drug-likeness (QED) is 0.857. The fourth-order valence-corrected chi connectivity index (χ4v) is 4.38. The Bertz CT molecular complexity index is 907. The highest BCUT2D eigenvalue weighted by Gasteiger charge is 2.23. The Morgan fingerprint density at radius 2 is 1.93 bits per heavy atom. The average molecular weight is 387 g/mol. The number of benzene rings is 2. The number of amides is 1. The minimum absolute atomic E-state index is 0.0999. The van der Waals surface area contributed by atoms with Crippen LogP contribution in [0.25, 0.3) is 0 Å². The molecule has 27 heavy (non-hydrogen) atoms. The number of carbonyl (C=O) groups excluding carboxylic acids is 1. The first kappa shape index (κ1) is 19.6. The normalized spacial score (nSPS) is 17.7. The molecule has 1 N–H and O–H groups in total. The second kappa shape index (κ2) is 8.23. The lowest BCUT2D eigenvalue weighted by molar-refractivity contribution is 0.0683. The van der Waals surface area contributed by atoms with Crippen molar-refractivity contribution in [2.45, 2.75) is 38.1 Å². The zero-order chi connectivity index (χ0) is 19.4. The van der Waals surface area contributed by atoms with Gasteiger partial charge in [-0.15, -0.1) is 0 Å². The molecule has 144 valence electrons. The summed E-state index contributed by atoms with van der Waals surface area (Å²) >= 11 is 0. The van der Waals surface area contributed by atoms with Crippen LogP contribution < -0.4 is 4.72 Å². The summed E-state index contributed by atoms with van der Waals surface area (Å²) in [6.45, 7) is 5.78. The van der Waals surface area contributed by atoms with Crippen LogP contribution in [0.2, 0.25) is 0 Å². The largest absolute Gasteiger partial charge is 0.338 e. The van der Waals surface area contributed by atoms with Gasteiger partial charge in [0.2, 0.25) is 10.0 Å². The molecule has 2 aromatic carbocycles. The summed E-state index contributed by atoms with van der Waals surface area (Å²) in [4.78, 5) is 14.7. The fraction of sp³-hybridized carbons (Fsp3) is 0.381. The number of nitrogens with zero attached hydrogens (tertiary/aromatic N) is 1. The molecule has 0 radical (unpaired) electrons. The van der Waals surface area contributed by atoms with E-state index in [1.807, 2.05) is 36.1 Å². The molecule has 1 fully saturated rings. The summed E-state index contributed by atoms with van der Waals surface area (Å²) in [5.41, 5.74) is 2.43. The van der Waals surface area contributed by atoms with Crippen molar-refractivity contribution < 1.29 is 13.2 Å². The van der Waals surface area contributed by atoms with E-state index in [2.05, 4.69) is 11.6 Å². The van der Waals surface area contributed by atoms with Crippen molar-refractivity contribution in [3.8, 4) is 0 Å². The van der Waals surface area contributed by atoms with E-state index >= 15 is 0 Å². The van der Waals surface area contributed by atoms with E-state index < -0.39 is 10.0 Å². The first-order chi connectivity index (χ1) is 12.8. The lowest BCUT2D eigenvalue weighted by Gasteiger charge is -2.31. The van der Waals surface area contributed by atoms with E-state index in [1.54, 1.807) is 12.1 Å². The zero-order valence-corrected chi connectivity index (χ0v) is 16.6. The van der Waals surface area contributed by atoms with Gasteiger partial charge in [-0.1, -0.05) is 42.8 Å². The van der Waals surface area contributed by atoms with Gasteiger partial charge in [0.05, 0.1) is 4.90 Å². The monoisotopic (exact) mass is 386 g/mol. The van der Waals surface area contributed by atoms with Gasteiger partial charge in [-0.3, -0.25) is 4.79 Å². The van der Waals surface area contributed by atoms with Crippen molar-refractivity contribution in [1.29, 1.82) is 0 Å². The number of rotatable bonds is 5. The van der Waals surface area contributed by atoms with Crippen molar-refractivity contribution in [3.05, 3.63) is 65.2 Å². The molecule has 2 aromatic rings. The van der Waals surface area contributed by atoms with Crippen molar-refractivity contribution in [3.63, 3.8) is 0 Å². The summed E-state index contributed by atoms with van der Waals surface area (Å²) < 4.78 is 27.9. The maximum atomic E-state index is 12.7. The van der Waals surface area contributed by atoms with Gasteiger partial charge in [0.1, 0.15) is 0 Å². The van der Waals surface area contributed by atoms with Gasteiger partial charge in [-0.05, 0) is 49.4 Å². The van der Waals surface area contributed by atoms with Crippen LogP contribution in [-0.4, -0.2) is 32.3 Å². The number of likely N-dealkylation sites (tertiary alicyclic amines) is 1. The third-order valence-corrected chi connectivity index (χ3v) is 6.32. The standard InChI is InChI=1S/C21H26N2O3S/c1-16-8-10-18(11-9-16)14-22-27(25,26)20-7-3-6-19(13-20)21(24)23-12-4-5-17(2)15-23/h3,6-11,13,17,22H,4-5,12,14-15H2,1-2H3. The minimum Gasteiger partial charge on any atom is -0.338 e. The molecular formula is C21H26N2O3S. The summed E-state index contributed by atoms with van der Waals surface area (Å²) in [6.07, 6.45) is 2.12. The highest BCUT2D eigenvalue weighted by Crippen LogP contribution is 2.19. The van der Waals surface area contributed by atoms with Crippen molar-refractivity contribution in [1.82, 2.24) is 9.62 Å². The van der Waals surface area contributed by atoms with Crippen LogP contribution in [0.4, 0.5) is 0 Å². The van der Waals surface area contributed by atoms with Gasteiger partial charge in [-0.25, -0.2) is 13.1 Å². The molecule has 5 nitrogen and oxygen atoms in total. The number of piperidine rings is 1. The van der Waals surface area contributed by atoms with Crippen LogP contribution in [0.15, 0.2) is 53.4 Å². The predicted octanol–water partition coefficient (Wildman–Crippen LogP) is 3.35. The molecule has 1 heterocycles. The van der Waals surface area contributed by atoms with Crippen molar-refractivity contribution in [2.75, 3.05) is 13.1 Å². The summed E-state index contributed by atoms with van der Waals surface area (Å²) in [5, 5.41) is 0. The molecule has 0 saturated carbocycles. The number of nitrogens with one attached hydrogen (secondary N) is 1. The Balaban J connectivity index is 1.73. The lowest BCUT2D eigenvalue weighted by Crippen LogP contribution is -2.39. The Morgan fingerprint density at radius 3 is 2.63 bits per heavy atom. The molecule has 0 bridgehead atoms. The second-order valence-electron chi connectivity index (χ2n) is 7.34. The number of carbonyl (C=O) groups is 1. The number of hydrogen-bond donors (Lipinski definition) is 1. The van der Waals surface area contributed by atoms with E-state index in [4.69, 9.17) is 0 Å². The summed E-state index contributed by atoms with van der Waals surface area (Å²) in [5.74, 6) is 0.378. The topological polar surface area (TPSA) is 66.5 Å². The smallest absolute Gasteiger partial charge is 0.253 e. The minimum atomic E-state index is -3.69. The molecule has 1 unspecified atom stereocenters. The van der Waals surface area contributed by atoms with Crippen LogP contribution in [0.3, 0.4) is 0 Å². The maximum absolute atomic E-state index is 12.7. The summed E-state index contributed by atoms with van der Waals surface area (Å²) in [6, 6.07) is 14.0. The Morgan fingerprint density at radius 1 is 1.19 bits per heavy atom. The second-order valence-corrected chi connectivity index (χ2v) is 9.10. The molecule has 1 aliphatic rings. The Hall–Kier alpha value is -2.18. The van der Waals surface area contributed by atoms with Crippen molar-refractivity contribution >= 4 is 15.9 Å². The number of hydrogen-bond acceptors (Lipinski definition) is 3. The van der Waals surface area contributed by atoms with E-state index in [1.165, 1.54) is 12.1 Å². The van der Waals surface area contributed by atoms with Gasteiger partial charge in [0.15, 0.2) is 0 Å². The Kier molecular flexibility index (Phi) is 5.97. The van der Waals surface area contributed by atoms with Crippen molar-refractivity contribution in [2.24, 2.45) is 5.92 Å². The predicted molar refractivity (Wildman–Crippen MR) is 106 cm³/mol. The van der Waals surface area contributed by atoms with Gasteiger partial charge in [0, 0.05) is 25.2 Å².